The molecule has 1 fully saturated rings. The number of hydrogen-bond donors (Lipinski definition) is 1. The molecule has 1 N–H and O–H groups in total. The van der Waals surface area contributed by atoms with Crippen molar-refractivity contribution in [1.82, 2.24) is 19.6 Å². The van der Waals surface area contributed by atoms with Crippen molar-refractivity contribution in [2.45, 2.75) is 37.9 Å². The number of esters is 1. The molecule has 0 unspecified atom stereocenters. The minimum absolute atomic E-state index is 0.0215. The SMILES string of the molecule is O=C(CCC(=O)N1CCn2nc(C=C3C(=O)N4C(C(=O)O)=CS[C@H]34)cc2C1)OCc1ccc([N+](=O)[O-])cc1. The number of nitro groups is 1. The highest BCUT2D eigenvalue weighted by Crippen LogP contribution is 2.45. The minimum atomic E-state index is -1.15. The maximum absolute atomic E-state index is 12.7. The molecule has 0 aliphatic carbocycles. The molecule has 14 heteroatoms. The summed E-state index contributed by atoms with van der Waals surface area (Å²) in [6.07, 6.45) is 1.53. The van der Waals surface area contributed by atoms with Gasteiger partial charge in [-0.2, -0.15) is 5.10 Å². The van der Waals surface area contributed by atoms with Crippen LogP contribution in [0.15, 0.2) is 47.0 Å². The Morgan fingerprint density at radius 1 is 1.21 bits per heavy atom. The third-order valence-corrected chi connectivity index (χ3v) is 7.40. The van der Waals surface area contributed by atoms with Crippen LogP contribution in [0.25, 0.3) is 6.08 Å². The lowest BCUT2D eigenvalue weighted by atomic mass is 10.0. The molecule has 38 heavy (non-hydrogen) atoms. The number of rotatable bonds is 8. The molecule has 0 saturated carbocycles. The van der Waals surface area contributed by atoms with Crippen molar-refractivity contribution in [2.24, 2.45) is 0 Å². The van der Waals surface area contributed by atoms with E-state index in [-0.39, 0.29) is 48.0 Å². The Morgan fingerprint density at radius 3 is 2.68 bits per heavy atom. The zero-order chi connectivity index (χ0) is 27.0. The first-order valence-corrected chi connectivity index (χ1v) is 12.5. The summed E-state index contributed by atoms with van der Waals surface area (Å²) in [4.78, 5) is 61.5. The molecule has 0 bridgehead atoms. The highest BCUT2D eigenvalue weighted by molar-refractivity contribution is 8.03. The molecular formula is C24H21N5O8S. The molecule has 2 amide bonds. The number of benzene rings is 1. The number of nitro benzene ring substituents is 1. The number of ether oxygens (including phenoxy) is 1. The van der Waals surface area contributed by atoms with Gasteiger partial charge in [0.05, 0.1) is 41.4 Å². The first kappa shape index (κ1) is 25.2. The summed E-state index contributed by atoms with van der Waals surface area (Å²) < 4.78 is 6.93. The van der Waals surface area contributed by atoms with Crippen LogP contribution in [0, 0.1) is 10.1 Å². The van der Waals surface area contributed by atoms with E-state index >= 15 is 0 Å². The Bertz CT molecular complexity index is 1410. The van der Waals surface area contributed by atoms with E-state index in [1.54, 1.807) is 21.7 Å². The number of aliphatic carboxylic acids is 1. The number of aromatic nitrogens is 2. The van der Waals surface area contributed by atoms with Crippen molar-refractivity contribution in [3.05, 3.63) is 74.1 Å². The van der Waals surface area contributed by atoms with Gasteiger partial charge < -0.3 is 14.7 Å². The Hall–Kier alpha value is -4.46. The number of carboxylic acids is 1. The Balaban J connectivity index is 1.11. The van der Waals surface area contributed by atoms with Crippen molar-refractivity contribution in [3.63, 3.8) is 0 Å². The van der Waals surface area contributed by atoms with Crippen LogP contribution in [0.1, 0.15) is 29.8 Å². The fraction of sp³-hybridized carbons (Fsp3) is 0.292. The Morgan fingerprint density at radius 2 is 1.97 bits per heavy atom. The smallest absolute Gasteiger partial charge is 0.353 e. The van der Waals surface area contributed by atoms with Gasteiger partial charge in [-0.3, -0.25) is 34.1 Å². The van der Waals surface area contributed by atoms with Crippen LogP contribution in [0.4, 0.5) is 5.69 Å². The van der Waals surface area contributed by atoms with Crippen molar-refractivity contribution in [3.8, 4) is 0 Å². The standard InChI is InChI=1S/C24H21N5O8S/c30-20(5-6-21(31)37-12-14-1-3-16(4-2-14)29(35)36)26-7-8-27-17(11-26)9-15(25-27)10-18-22(32)28-19(24(33)34)13-38-23(18)28/h1-4,9-10,13,23H,5-8,11-12H2,(H,33,34)/t23-/m1/s1. The van der Waals surface area contributed by atoms with Gasteiger partial charge in [0.15, 0.2) is 0 Å². The van der Waals surface area contributed by atoms with Crippen LogP contribution in [-0.4, -0.2) is 65.3 Å². The van der Waals surface area contributed by atoms with Gasteiger partial charge in [0.25, 0.3) is 11.6 Å². The monoisotopic (exact) mass is 539 g/mol. The number of carboxylic acid groups (broad SMARTS) is 1. The van der Waals surface area contributed by atoms with Gasteiger partial charge in [0.2, 0.25) is 5.91 Å². The topological polar surface area (TPSA) is 165 Å². The number of carbonyl (C=O) groups excluding carboxylic acids is 3. The second-order valence-electron chi connectivity index (χ2n) is 8.75. The van der Waals surface area contributed by atoms with E-state index in [0.717, 1.165) is 5.69 Å². The summed E-state index contributed by atoms with van der Waals surface area (Å²) in [7, 11) is 0. The molecule has 0 spiro atoms. The third-order valence-electron chi connectivity index (χ3n) is 6.32. The fourth-order valence-corrected chi connectivity index (χ4v) is 5.43. The lowest BCUT2D eigenvalue weighted by Crippen LogP contribution is -2.51. The van der Waals surface area contributed by atoms with Gasteiger partial charge in [0, 0.05) is 30.5 Å². The van der Waals surface area contributed by atoms with Crippen molar-refractivity contribution in [2.75, 3.05) is 6.54 Å². The molecule has 1 aromatic carbocycles. The molecule has 4 heterocycles. The summed E-state index contributed by atoms with van der Waals surface area (Å²) >= 11 is 1.25. The number of nitrogens with zero attached hydrogens (tertiary/aromatic N) is 5. The zero-order valence-corrected chi connectivity index (χ0v) is 20.6. The molecule has 1 aromatic heterocycles. The second kappa shape index (κ2) is 10.1. The fourth-order valence-electron chi connectivity index (χ4n) is 4.31. The quantitative estimate of drug-likeness (QED) is 0.172. The van der Waals surface area contributed by atoms with Crippen LogP contribution in [-0.2, 0) is 43.6 Å². The Kier molecular flexibility index (Phi) is 6.72. The number of carbonyl (C=O) groups is 4. The molecule has 1 saturated heterocycles. The maximum Gasteiger partial charge on any atom is 0.353 e. The molecule has 196 valence electrons. The number of amides is 2. The van der Waals surface area contributed by atoms with E-state index in [1.807, 2.05) is 0 Å². The third kappa shape index (κ3) is 4.89. The van der Waals surface area contributed by atoms with Crippen LogP contribution in [0.2, 0.25) is 0 Å². The number of fused-ring (bicyclic) bond motifs is 2. The van der Waals surface area contributed by atoms with E-state index in [4.69, 9.17) is 4.74 Å². The van der Waals surface area contributed by atoms with E-state index in [1.165, 1.54) is 46.3 Å². The molecule has 1 atom stereocenters. The second-order valence-corrected chi connectivity index (χ2v) is 9.71. The molecule has 0 radical (unpaired) electrons. The van der Waals surface area contributed by atoms with Gasteiger partial charge in [0.1, 0.15) is 17.7 Å². The zero-order valence-electron chi connectivity index (χ0n) is 19.8. The van der Waals surface area contributed by atoms with Gasteiger partial charge >= 0.3 is 11.9 Å². The average molecular weight is 540 g/mol. The van der Waals surface area contributed by atoms with Crippen LogP contribution < -0.4 is 0 Å². The summed E-state index contributed by atoms with van der Waals surface area (Å²) in [5.41, 5.74) is 2.32. The summed E-state index contributed by atoms with van der Waals surface area (Å²) in [5.74, 6) is -2.26. The van der Waals surface area contributed by atoms with Crippen molar-refractivity contribution < 1.29 is 33.9 Å². The molecule has 3 aliphatic heterocycles. The number of hydrogen-bond acceptors (Lipinski definition) is 9. The molecule has 5 rings (SSSR count). The first-order chi connectivity index (χ1) is 18.2. The molecule has 2 aromatic rings. The molecule has 3 aliphatic rings. The maximum atomic E-state index is 12.7. The van der Waals surface area contributed by atoms with E-state index in [9.17, 15) is 34.4 Å². The largest absolute Gasteiger partial charge is 0.477 e. The average Bonchev–Trinajstić information content (AvgIpc) is 3.50. The van der Waals surface area contributed by atoms with Gasteiger partial charge in [-0.15, -0.1) is 11.8 Å². The first-order valence-electron chi connectivity index (χ1n) is 11.6. The van der Waals surface area contributed by atoms with E-state index < -0.39 is 16.9 Å². The highest BCUT2D eigenvalue weighted by Gasteiger charge is 2.49. The van der Waals surface area contributed by atoms with Crippen LogP contribution in [0.5, 0.6) is 0 Å². The number of thioether (sulfide) groups is 1. The Labute approximate surface area is 219 Å². The minimum Gasteiger partial charge on any atom is -0.477 e. The van der Waals surface area contributed by atoms with Crippen LogP contribution >= 0.6 is 11.8 Å². The molecule has 13 nitrogen and oxygen atoms in total. The van der Waals surface area contributed by atoms with Crippen LogP contribution in [0.3, 0.4) is 0 Å². The number of non-ortho nitro benzene ring substituents is 1. The van der Waals surface area contributed by atoms with Gasteiger partial charge in [-0.1, -0.05) is 0 Å². The van der Waals surface area contributed by atoms with Crippen molar-refractivity contribution in [1.29, 1.82) is 0 Å². The normalized spacial score (nSPS) is 18.9. The lowest BCUT2D eigenvalue weighted by Gasteiger charge is -2.36. The van der Waals surface area contributed by atoms with E-state index in [2.05, 4.69) is 5.10 Å². The molecular weight excluding hydrogens is 518 g/mol. The summed E-state index contributed by atoms with van der Waals surface area (Å²) in [5, 5.41) is 25.5. The number of β-lactam (4-membered cyclic amide) rings is 1. The summed E-state index contributed by atoms with van der Waals surface area (Å²) in [6.45, 7) is 1.13. The predicted molar refractivity (Wildman–Crippen MR) is 132 cm³/mol. The summed E-state index contributed by atoms with van der Waals surface area (Å²) in [6, 6.07) is 7.45. The lowest BCUT2D eigenvalue weighted by molar-refractivity contribution is -0.384. The van der Waals surface area contributed by atoms with Crippen molar-refractivity contribution >= 4 is 47.3 Å². The predicted octanol–water partition coefficient (Wildman–Crippen LogP) is 1.88. The van der Waals surface area contributed by atoms with E-state index in [0.29, 0.717) is 36.5 Å². The highest BCUT2D eigenvalue weighted by atomic mass is 32.2. The van der Waals surface area contributed by atoms with Gasteiger partial charge in [-0.25, -0.2) is 4.79 Å². The van der Waals surface area contributed by atoms with Gasteiger partial charge in [-0.05, 0) is 29.8 Å².